The molecule has 0 bridgehead atoms. The first-order chi connectivity index (χ1) is 20.0. The van der Waals surface area contributed by atoms with Crippen LogP contribution < -0.4 is 19.3 Å². The molecule has 11 nitrogen and oxygen atoms in total. The molecule has 0 atom stereocenters. The summed E-state index contributed by atoms with van der Waals surface area (Å²) in [6, 6.07) is 14.4. The Morgan fingerprint density at radius 2 is 1.76 bits per heavy atom. The molecular weight excluding hydrogens is 524 g/mol. The highest BCUT2D eigenvalue weighted by atomic mass is 16.5. The molecule has 2 aliphatic rings. The number of hydrogen-bond acceptors (Lipinski definition) is 8. The molecule has 0 spiro atoms. The van der Waals surface area contributed by atoms with Gasteiger partial charge in [0.05, 0.1) is 31.1 Å². The Labute approximate surface area is 237 Å². The average molecular weight is 555 g/mol. The molecule has 4 heterocycles. The van der Waals surface area contributed by atoms with Gasteiger partial charge >= 0.3 is 12.0 Å². The second-order valence-electron chi connectivity index (χ2n) is 10.2. The Kier molecular flexibility index (Phi) is 7.00. The first kappa shape index (κ1) is 26.3. The lowest BCUT2D eigenvalue weighted by molar-refractivity contribution is 0.0690. The van der Waals surface area contributed by atoms with E-state index in [0.29, 0.717) is 36.2 Å². The molecule has 11 heteroatoms. The summed E-state index contributed by atoms with van der Waals surface area (Å²) in [5, 5.41) is 10.4. The van der Waals surface area contributed by atoms with Crippen LogP contribution in [-0.2, 0) is 6.54 Å². The number of rotatable bonds is 7. The van der Waals surface area contributed by atoms with E-state index in [1.807, 2.05) is 41.3 Å². The molecule has 6 rings (SSSR count). The molecule has 2 aromatic heterocycles. The SMILES string of the molecule is COc1cc2ncnc(N3CCC(CN4Cc5ccccc5N(c5ccnc(C(=O)O)c5)C4=O)CC3)c2cc1OC. The van der Waals surface area contributed by atoms with Gasteiger partial charge in [-0.15, -0.1) is 0 Å². The molecule has 210 valence electrons. The molecule has 41 heavy (non-hydrogen) atoms. The molecule has 0 saturated carbocycles. The summed E-state index contributed by atoms with van der Waals surface area (Å²) in [6.45, 7) is 2.68. The highest BCUT2D eigenvalue weighted by Gasteiger charge is 2.34. The summed E-state index contributed by atoms with van der Waals surface area (Å²) in [6.07, 6.45) is 4.78. The molecule has 1 saturated heterocycles. The minimum absolute atomic E-state index is 0.106. The Morgan fingerprint density at radius 1 is 1.00 bits per heavy atom. The number of benzene rings is 2. The van der Waals surface area contributed by atoms with E-state index in [0.717, 1.165) is 53.9 Å². The van der Waals surface area contributed by atoms with Crippen LogP contribution in [0.1, 0.15) is 28.9 Å². The highest BCUT2D eigenvalue weighted by Crippen LogP contribution is 2.38. The van der Waals surface area contributed by atoms with E-state index in [9.17, 15) is 14.7 Å². The van der Waals surface area contributed by atoms with Gasteiger partial charge in [0.15, 0.2) is 11.5 Å². The van der Waals surface area contributed by atoms with Crippen molar-refractivity contribution in [2.75, 3.05) is 43.7 Å². The van der Waals surface area contributed by atoms with Crippen LogP contribution in [-0.4, -0.2) is 70.8 Å². The van der Waals surface area contributed by atoms with Crippen LogP contribution in [0.4, 0.5) is 22.0 Å². The quantitative estimate of drug-likeness (QED) is 0.346. The average Bonchev–Trinajstić information content (AvgIpc) is 3.01. The number of aromatic carboxylic acids is 1. The number of hydrogen-bond donors (Lipinski definition) is 1. The maximum atomic E-state index is 13.8. The van der Waals surface area contributed by atoms with Crippen molar-refractivity contribution < 1.29 is 24.2 Å². The maximum absolute atomic E-state index is 13.8. The molecule has 0 aliphatic carbocycles. The number of methoxy groups -OCH3 is 2. The number of piperidine rings is 1. The van der Waals surface area contributed by atoms with E-state index < -0.39 is 5.97 Å². The number of urea groups is 1. The Bertz CT molecular complexity index is 1620. The van der Waals surface area contributed by atoms with Crippen molar-refractivity contribution in [3.8, 4) is 11.5 Å². The van der Waals surface area contributed by atoms with Gasteiger partial charge in [-0.1, -0.05) is 18.2 Å². The number of carboxylic acids is 1. The van der Waals surface area contributed by atoms with Crippen LogP contribution in [0, 0.1) is 5.92 Å². The number of carbonyl (C=O) groups excluding carboxylic acids is 1. The zero-order chi connectivity index (χ0) is 28.5. The second kappa shape index (κ2) is 10.9. The van der Waals surface area contributed by atoms with Crippen LogP contribution >= 0.6 is 0 Å². The third-order valence-corrected chi connectivity index (χ3v) is 7.79. The van der Waals surface area contributed by atoms with Gasteiger partial charge in [-0.3, -0.25) is 4.90 Å². The molecule has 1 N–H and O–H groups in total. The third-order valence-electron chi connectivity index (χ3n) is 7.79. The molecule has 2 aliphatic heterocycles. The summed E-state index contributed by atoms with van der Waals surface area (Å²) in [7, 11) is 3.21. The topological polar surface area (TPSA) is 121 Å². The number of ether oxygens (including phenoxy) is 2. The maximum Gasteiger partial charge on any atom is 0.354 e. The van der Waals surface area contributed by atoms with Crippen molar-refractivity contribution in [3.05, 3.63) is 72.3 Å². The first-order valence-corrected chi connectivity index (χ1v) is 13.4. The minimum atomic E-state index is -1.14. The summed E-state index contributed by atoms with van der Waals surface area (Å²) in [5.41, 5.74) is 2.93. The molecular formula is C30H30N6O5. The van der Waals surface area contributed by atoms with Gasteiger partial charge in [0.1, 0.15) is 17.8 Å². The Morgan fingerprint density at radius 3 is 2.51 bits per heavy atom. The van der Waals surface area contributed by atoms with Crippen molar-refractivity contribution in [1.82, 2.24) is 19.9 Å². The summed E-state index contributed by atoms with van der Waals surface area (Å²) < 4.78 is 10.9. The van der Waals surface area contributed by atoms with E-state index in [1.54, 1.807) is 31.5 Å². The van der Waals surface area contributed by atoms with Gasteiger partial charge in [0.2, 0.25) is 0 Å². The third kappa shape index (κ3) is 4.94. The fraction of sp³-hybridized carbons (Fsp3) is 0.300. The monoisotopic (exact) mass is 554 g/mol. The fourth-order valence-corrected chi connectivity index (χ4v) is 5.71. The van der Waals surface area contributed by atoms with Crippen molar-refractivity contribution in [3.63, 3.8) is 0 Å². The lowest BCUT2D eigenvalue weighted by Gasteiger charge is -2.40. The summed E-state index contributed by atoms with van der Waals surface area (Å²) in [5.74, 6) is 1.27. The van der Waals surface area contributed by atoms with Gasteiger partial charge in [0, 0.05) is 43.8 Å². The zero-order valence-electron chi connectivity index (χ0n) is 22.9. The Balaban J connectivity index is 1.20. The zero-order valence-corrected chi connectivity index (χ0v) is 22.9. The lowest BCUT2D eigenvalue weighted by Crippen LogP contribution is -2.48. The number of pyridine rings is 1. The van der Waals surface area contributed by atoms with Crippen LogP contribution in [0.2, 0.25) is 0 Å². The number of aromatic nitrogens is 3. The van der Waals surface area contributed by atoms with Crippen LogP contribution in [0.3, 0.4) is 0 Å². The summed E-state index contributed by atoms with van der Waals surface area (Å²) >= 11 is 0. The second-order valence-corrected chi connectivity index (χ2v) is 10.2. The largest absolute Gasteiger partial charge is 0.493 e. The molecule has 0 radical (unpaired) electrons. The van der Waals surface area contributed by atoms with Crippen molar-refractivity contribution >= 4 is 40.1 Å². The number of para-hydroxylation sites is 1. The lowest BCUT2D eigenvalue weighted by atomic mass is 9.95. The normalized spacial score (nSPS) is 15.7. The van der Waals surface area contributed by atoms with E-state index in [2.05, 4.69) is 19.9 Å². The van der Waals surface area contributed by atoms with Crippen molar-refractivity contribution in [1.29, 1.82) is 0 Å². The first-order valence-electron chi connectivity index (χ1n) is 13.4. The Hall–Kier alpha value is -4.93. The van der Waals surface area contributed by atoms with E-state index in [4.69, 9.17) is 9.47 Å². The number of fused-ring (bicyclic) bond motifs is 2. The summed E-state index contributed by atoms with van der Waals surface area (Å²) in [4.78, 5) is 44.0. The number of carboxylic acid groups (broad SMARTS) is 1. The van der Waals surface area contributed by atoms with E-state index in [-0.39, 0.29) is 11.7 Å². The smallest absolute Gasteiger partial charge is 0.354 e. The van der Waals surface area contributed by atoms with Crippen LogP contribution in [0.15, 0.2) is 61.1 Å². The van der Waals surface area contributed by atoms with Gasteiger partial charge in [-0.2, -0.15) is 0 Å². The van der Waals surface area contributed by atoms with Gasteiger partial charge in [0.25, 0.3) is 0 Å². The molecule has 2 aromatic carbocycles. The van der Waals surface area contributed by atoms with Crippen LogP contribution in [0.25, 0.3) is 10.9 Å². The van der Waals surface area contributed by atoms with Gasteiger partial charge in [-0.05, 0) is 48.6 Å². The van der Waals surface area contributed by atoms with Gasteiger partial charge in [-0.25, -0.2) is 24.5 Å². The number of anilines is 3. The van der Waals surface area contributed by atoms with Crippen LogP contribution in [0.5, 0.6) is 11.5 Å². The number of carbonyl (C=O) groups is 2. The van der Waals surface area contributed by atoms with E-state index in [1.165, 1.54) is 12.3 Å². The molecule has 0 unspecified atom stereocenters. The van der Waals surface area contributed by atoms with Crippen molar-refractivity contribution in [2.45, 2.75) is 19.4 Å². The predicted molar refractivity (Wildman–Crippen MR) is 153 cm³/mol. The van der Waals surface area contributed by atoms with Crippen molar-refractivity contribution in [2.24, 2.45) is 5.92 Å². The molecule has 1 fully saturated rings. The van der Waals surface area contributed by atoms with E-state index >= 15 is 0 Å². The van der Waals surface area contributed by atoms with Gasteiger partial charge < -0.3 is 24.4 Å². The number of amides is 2. The standard InChI is InChI=1S/C30H30N6O5/c1-40-26-14-22-23(15-27(26)41-2)32-18-33-28(22)34-11-8-19(9-12-34)16-35-17-20-5-3-4-6-25(20)36(30(35)39)21-7-10-31-24(13-21)29(37)38/h3-7,10,13-15,18-19H,8-9,11-12,16-17H2,1-2H3,(H,37,38). The predicted octanol–water partition coefficient (Wildman–Crippen LogP) is 4.73. The molecule has 2 amide bonds. The number of nitrogens with zero attached hydrogens (tertiary/aromatic N) is 6. The molecule has 4 aromatic rings. The minimum Gasteiger partial charge on any atom is -0.493 e. The fourth-order valence-electron chi connectivity index (χ4n) is 5.71. The highest BCUT2D eigenvalue weighted by molar-refractivity contribution is 6.02.